The van der Waals surface area contributed by atoms with E-state index in [1.807, 2.05) is 6.08 Å². The predicted octanol–water partition coefficient (Wildman–Crippen LogP) is 2.33. The highest BCUT2D eigenvalue weighted by Crippen LogP contribution is 2.69. The second-order valence-electron chi connectivity index (χ2n) is 10.7. The van der Waals surface area contributed by atoms with Crippen molar-refractivity contribution in [3.05, 3.63) is 23.8 Å². The van der Waals surface area contributed by atoms with Gasteiger partial charge in [-0.3, -0.25) is 9.59 Å². The molecule has 7 nitrogen and oxygen atoms in total. The van der Waals surface area contributed by atoms with Crippen LogP contribution in [0.1, 0.15) is 59.3 Å². The predicted molar refractivity (Wildman–Crippen MR) is 121 cm³/mol. The molecule has 0 bridgehead atoms. The van der Waals surface area contributed by atoms with Gasteiger partial charge in [-0.2, -0.15) is 0 Å². The molecule has 184 valence electrons. The van der Waals surface area contributed by atoms with Gasteiger partial charge >= 0.3 is 0 Å². The number of aliphatic hydroxyl groups is 3. The zero-order valence-corrected chi connectivity index (χ0v) is 20.1. The van der Waals surface area contributed by atoms with Crippen LogP contribution in [0.25, 0.3) is 0 Å². The fourth-order valence-corrected chi connectivity index (χ4v) is 8.12. The summed E-state index contributed by atoms with van der Waals surface area (Å²) in [5.74, 6) is 0.0274. The molecule has 7 heteroatoms. The minimum absolute atomic E-state index is 0.0125. The first kappa shape index (κ1) is 24.7. The van der Waals surface area contributed by atoms with Crippen molar-refractivity contribution >= 4 is 11.6 Å². The molecule has 0 aromatic rings. The van der Waals surface area contributed by atoms with Gasteiger partial charge in [-0.1, -0.05) is 38.8 Å². The Labute approximate surface area is 195 Å². The summed E-state index contributed by atoms with van der Waals surface area (Å²) in [4.78, 5) is 25.2. The maximum absolute atomic E-state index is 13.2. The van der Waals surface area contributed by atoms with E-state index in [4.69, 9.17) is 14.6 Å². The largest absolute Gasteiger partial charge is 0.400 e. The second-order valence-corrected chi connectivity index (χ2v) is 10.7. The highest BCUT2D eigenvalue weighted by Gasteiger charge is 2.75. The van der Waals surface area contributed by atoms with E-state index in [9.17, 15) is 19.8 Å². The van der Waals surface area contributed by atoms with Gasteiger partial charge in [0.15, 0.2) is 23.5 Å². The Morgan fingerprint density at radius 2 is 2.00 bits per heavy atom. The van der Waals surface area contributed by atoms with Crippen molar-refractivity contribution in [3.63, 3.8) is 0 Å². The Bertz CT molecular complexity index is 865. The molecular formula is C26H38O7. The summed E-state index contributed by atoms with van der Waals surface area (Å²) in [7, 11) is 1.00. The first-order chi connectivity index (χ1) is 15.7. The molecule has 33 heavy (non-hydrogen) atoms. The molecule has 9 atom stereocenters. The number of carbonyl (C=O) groups excluding carboxylic acids is 2. The fraction of sp³-hybridized carbons (Fsp3) is 0.769. The van der Waals surface area contributed by atoms with Gasteiger partial charge in [0, 0.05) is 23.9 Å². The summed E-state index contributed by atoms with van der Waals surface area (Å²) >= 11 is 0. The number of hydrogen-bond donors (Lipinski definition) is 3. The first-order valence-corrected chi connectivity index (χ1v) is 12.3. The lowest BCUT2D eigenvalue weighted by Gasteiger charge is -2.59. The monoisotopic (exact) mass is 462 g/mol. The van der Waals surface area contributed by atoms with E-state index < -0.39 is 36.1 Å². The molecule has 3 N–H and O–H groups in total. The number of allylic oxidation sites excluding steroid dienone is 4. The van der Waals surface area contributed by atoms with E-state index in [-0.39, 0.29) is 34.7 Å². The molecule has 0 amide bonds. The molecule has 1 aliphatic heterocycles. The van der Waals surface area contributed by atoms with Crippen LogP contribution in [-0.4, -0.2) is 64.7 Å². The van der Waals surface area contributed by atoms with Crippen molar-refractivity contribution in [2.45, 2.75) is 83.4 Å². The molecule has 0 unspecified atom stereocenters. The van der Waals surface area contributed by atoms with Crippen molar-refractivity contribution < 1.29 is 34.4 Å². The van der Waals surface area contributed by atoms with Crippen molar-refractivity contribution in [1.29, 1.82) is 0 Å². The lowest BCUT2D eigenvalue weighted by Crippen LogP contribution is -2.63. The van der Waals surface area contributed by atoms with Crippen LogP contribution in [0.3, 0.4) is 0 Å². The summed E-state index contributed by atoms with van der Waals surface area (Å²) < 4.78 is 12.7. The van der Waals surface area contributed by atoms with Crippen LogP contribution >= 0.6 is 0 Å². The average molecular weight is 463 g/mol. The molecule has 0 aromatic heterocycles. The third kappa shape index (κ3) is 3.27. The van der Waals surface area contributed by atoms with Crippen LogP contribution in [0.2, 0.25) is 0 Å². The van der Waals surface area contributed by atoms with Crippen molar-refractivity contribution in [3.8, 4) is 0 Å². The van der Waals surface area contributed by atoms with Crippen LogP contribution in [0.15, 0.2) is 23.8 Å². The highest BCUT2D eigenvalue weighted by atomic mass is 16.7. The molecule has 0 spiro atoms. The normalized spacial score (nSPS) is 47.5. The summed E-state index contributed by atoms with van der Waals surface area (Å²) in [5, 5.41) is 28.4. The average Bonchev–Trinajstić information content (AvgIpc) is 3.27. The molecule has 5 rings (SSSR count). The smallest absolute Gasteiger partial charge is 0.193 e. The SMILES string of the molecule is CCC[C@@H]1O[C@@H]2C[C@H]3[C@@H]4CCC5=CC(=O)C=C[C@]5(C)[C@H]4[C@@H](O)C[C@]3(C)[C@]2(C(=O)CO)O1.CO. The van der Waals surface area contributed by atoms with Gasteiger partial charge in [0.25, 0.3) is 0 Å². The Hall–Kier alpha value is -1.38. The van der Waals surface area contributed by atoms with E-state index in [0.717, 1.165) is 31.9 Å². The number of fused-ring (bicyclic) bond motifs is 7. The van der Waals surface area contributed by atoms with Gasteiger partial charge in [-0.15, -0.1) is 0 Å². The lowest BCUT2D eigenvalue weighted by atomic mass is 9.46. The van der Waals surface area contributed by atoms with Crippen molar-refractivity contribution in [1.82, 2.24) is 0 Å². The highest BCUT2D eigenvalue weighted by molar-refractivity contribution is 6.01. The summed E-state index contributed by atoms with van der Waals surface area (Å²) in [6.45, 7) is 5.67. The number of rotatable bonds is 4. The quantitative estimate of drug-likeness (QED) is 0.588. The minimum atomic E-state index is -1.20. The van der Waals surface area contributed by atoms with Crippen LogP contribution in [0.4, 0.5) is 0 Å². The summed E-state index contributed by atoms with van der Waals surface area (Å²) in [5.41, 5.74) is -1.05. The Morgan fingerprint density at radius 3 is 2.67 bits per heavy atom. The van der Waals surface area contributed by atoms with Crippen LogP contribution in [0, 0.1) is 28.6 Å². The van der Waals surface area contributed by atoms with Gasteiger partial charge in [-0.05, 0) is 56.1 Å². The number of Topliss-reactive ketones (excluding diaryl/α,β-unsaturated/α-hetero) is 1. The Kier molecular flexibility index (Phi) is 6.51. The number of ketones is 2. The van der Waals surface area contributed by atoms with Crippen molar-refractivity contribution in [2.24, 2.45) is 28.6 Å². The minimum Gasteiger partial charge on any atom is -0.400 e. The molecular weight excluding hydrogens is 424 g/mol. The summed E-state index contributed by atoms with van der Waals surface area (Å²) in [6, 6.07) is 0. The maximum Gasteiger partial charge on any atom is 0.193 e. The Balaban J connectivity index is 0.00000126. The number of ether oxygens (including phenoxy) is 2. The second kappa shape index (κ2) is 8.68. The standard InChI is InChI=1S/C25H34O6.CH4O/c1-4-5-21-30-20-11-17-16-7-6-14-10-15(27)8-9-23(14,2)22(16)18(28)12-24(17,3)25(20,31-21)19(29)13-26;1-2/h8-10,16-18,20-22,26,28H,4-7,11-13H2,1-3H3;2H,1H3/t16-,17-,18-,20+,21+,22+,23-,24-,25+;/m0./s1. The molecule has 4 fully saturated rings. The Morgan fingerprint density at radius 1 is 1.27 bits per heavy atom. The van der Waals surface area contributed by atoms with E-state index >= 15 is 0 Å². The zero-order chi connectivity index (χ0) is 24.2. The number of hydrogen-bond acceptors (Lipinski definition) is 7. The maximum atomic E-state index is 13.2. The molecule has 3 saturated carbocycles. The lowest BCUT2D eigenvalue weighted by molar-refractivity contribution is -0.200. The zero-order valence-electron chi connectivity index (χ0n) is 20.1. The third-order valence-electron chi connectivity index (χ3n) is 9.37. The molecule has 1 heterocycles. The van der Waals surface area contributed by atoms with Gasteiger partial charge in [0.05, 0.1) is 12.2 Å². The molecule has 0 radical (unpaired) electrons. The van der Waals surface area contributed by atoms with Gasteiger partial charge in [0.2, 0.25) is 0 Å². The van der Waals surface area contributed by atoms with Gasteiger partial charge < -0.3 is 24.8 Å². The third-order valence-corrected chi connectivity index (χ3v) is 9.37. The van der Waals surface area contributed by atoms with Gasteiger partial charge in [0.1, 0.15) is 6.61 Å². The van der Waals surface area contributed by atoms with Crippen LogP contribution in [-0.2, 0) is 19.1 Å². The van der Waals surface area contributed by atoms with Crippen LogP contribution in [0.5, 0.6) is 0 Å². The summed E-state index contributed by atoms with van der Waals surface area (Å²) in [6.07, 6.45) is 8.31. The topological polar surface area (TPSA) is 113 Å². The van der Waals surface area contributed by atoms with E-state index in [1.54, 1.807) is 12.2 Å². The number of carbonyl (C=O) groups is 2. The molecule has 0 aromatic carbocycles. The number of aliphatic hydroxyl groups excluding tert-OH is 3. The molecule has 4 aliphatic carbocycles. The first-order valence-electron chi connectivity index (χ1n) is 12.3. The fourth-order valence-electron chi connectivity index (χ4n) is 8.12. The molecule has 5 aliphatic rings. The van der Waals surface area contributed by atoms with E-state index in [1.165, 1.54) is 0 Å². The van der Waals surface area contributed by atoms with E-state index in [0.29, 0.717) is 19.3 Å². The van der Waals surface area contributed by atoms with Gasteiger partial charge in [-0.25, -0.2) is 0 Å². The van der Waals surface area contributed by atoms with E-state index in [2.05, 4.69) is 20.8 Å². The molecule has 1 saturated heterocycles. The van der Waals surface area contributed by atoms with Crippen molar-refractivity contribution in [2.75, 3.05) is 13.7 Å². The van der Waals surface area contributed by atoms with Crippen LogP contribution < -0.4 is 0 Å².